The molecule has 0 radical (unpaired) electrons. The number of nitrogens with zero attached hydrogens (tertiary/aromatic N) is 2. The lowest BCUT2D eigenvalue weighted by Crippen LogP contribution is -2.53. The zero-order valence-corrected chi connectivity index (χ0v) is 17.7. The number of carbonyl (C=O) groups is 2. The molecule has 2 amide bonds. The Balaban J connectivity index is 1.40. The third kappa shape index (κ3) is 3.78. The van der Waals surface area contributed by atoms with Crippen molar-refractivity contribution in [2.45, 2.75) is 38.7 Å². The highest BCUT2D eigenvalue weighted by Crippen LogP contribution is 2.34. The zero-order valence-electron chi connectivity index (χ0n) is 17.7. The van der Waals surface area contributed by atoms with Gasteiger partial charge in [0.25, 0.3) is 5.91 Å². The van der Waals surface area contributed by atoms with Crippen molar-refractivity contribution in [3.8, 4) is 5.75 Å². The fraction of sp³-hybridized carbons (Fsp3) is 0.360. The first-order valence-corrected chi connectivity index (χ1v) is 10.9. The average Bonchev–Trinajstić information content (AvgIpc) is 3.19. The zero-order chi connectivity index (χ0) is 21.4. The molecule has 0 aliphatic carbocycles. The number of furan rings is 1. The van der Waals surface area contributed by atoms with E-state index in [9.17, 15) is 9.59 Å². The highest BCUT2D eigenvalue weighted by Gasteiger charge is 2.36. The van der Waals surface area contributed by atoms with Gasteiger partial charge in [0.05, 0.1) is 24.9 Å². The summed E-state index contributed by atoms with van der Waals surface area (Å²) in [6, 6.07) is 13.4. The summed E-state index contributed by atoms with van der Waals surface area (Å²) in [6.07, 6.45) is 4.37. The fourth-order valence-corrected chi connectivity index (χ4v) is 4.50. The molecule has 5 rings (SSSR count). The molecule has 2 aliphatic heterocycles. The van der Waals surface area contributed by atoms with Crippen LogP contribution in [0, 0.1) is 6.92 Å². The summed E-state index contributed by atoms with van der Waals surface area (Å²) in [6.45, 7) is 3.75. The predicted molar refractivity (Wildman–Crippen MR) is 118 cm³/mol. The van der Waals surface area contributed by atoms with Crippen molar-refractivity contribution in [1.29, 1.82) is 0 Å². The maximum atomic E-state index is 13.4. The van der Waals surface area contributed by atoms with E-state index < -0.39 is 6.10 Å². The third-order valence-corrected chi connectivity index (χ3v) is 6.17. The second-order valence-corrected chi connectivity index (χ2v) is 8.40. The van der Waals surface area contributed by atoms with Crippen LogP contribution in [-0.2, 0) is 16.0 Å². The normalized spacial score (nSPS) is 18.5. The highest BCUT2D eigenvalue weighted by molar-refractivity contribution is 6.00. The largest absolute Gasteiger partial charge is 0.476 e. The SMILES string of the molecule is Cc1ccc2c(CC(=O)N3C[C@@H](C(=O)N4CCCCC4)Oc4ccccc43)coc2c1. The van der Waals surface area contributed by atoms with Gasteiger partial charge in [-0.2, -0.15) is 0 Å². The summed E-state index contributed by atoms with van der Waals surface area (Å²) in [5.41, 5.74) is 3.45. The Labute approximate surface area is 181 Å². The molecule has 2 aromatic carbocycles. The van der Waals surface area contributed by atoms with Gasteiger partial charge in [-0.1, -0.05) is 24.3 Å². The van der Waals surface area contributed by atoms with Crippen molar-refractivity contribution >= 4 is 28.5 Å². The Hall–Kier alpha value is -3.28. The Morgan fingerprint density at radius 2 is 1.87 bits per heavy atom. The van der Waals surface area contributed by atoms with Gasteiger partial charge in [-0.15, -0.1) is 0 Å². The molecule has 6 nitrogen and oxygen atoms in total. The first-order valence-electron chi connectivity index (χ1n) is 10.9. The van der Waals surface area contributed by atoms with Gasteiger partial charge in [-0.25, -0.2) is 0 Å². The number of para-hydroxylation sites is 2. The number of benzene rings is 2. The number of fused-ring (bicyclic) bond motifs is 2. The second kappa shape index (κ2) is 8.10. The molecule has 0 N–H and O–H groups in total. The van der Waals surface area contributed by atoms with Crippen LogP contribution in [0.15, 0.2) is 53.1 Å². The van der Waals surface area contributed by atoms with Crippen LogP contribution in [-0.4, -0.2) is 42.5 Å². The molecule has 0 bridgehead atoms. The predicted octanol–water partition coefficient (Wildman–Crippen LogP) is 4.09. The Bertz CT molecular complexity index is 1130. The number of piperidine rings is 1. The van der Waals surface area contributed by atoms with E-state index in [1.807, 2.05) is 54.3 Å². The van der Waals surface area contributed by atoms with Gasteiger partial charge >= 0.3 is 0 Å². The molecule has 1 fully saturated rings. The molecule has 1 aromatic heterocycles. The minimum absolute atomic E-state index is 0.0313. The summed E-state index contributed by atoms with van der Waals surface area (Å²) in [7, 11) is 0. The van der Waals surface area contributed by atoms with E-state index in [1.165, 1.54) is 0 Å². The lowest BCUT2D eigenvalue weighted by atomic mass is 10.1. The first kappa shape index (κ1) is 19.7. The van der Waals surface area contributed by atoms with Gasteiger partial charge in [0.2, 0.25) is 5.91 Å². The maximum absolute atomic E-state index is 13.4. The topological polar surface area (TPSA) is 63.0 Å². The Morgan fingerprint density at radius 3 is 2.71 bits per heavy atom. The lowest BCUT2D eigenvalue weighted by Gasteiger charge is -2.37. The first-order chi connectivity index (χ1) is 15.1. The van der Waals surface area contributed by atoms with Crippen LogP contribution in [0.1, 0.15) is 30.4 Å². The van der Waals surface area contributed by atoms with Crippen LogP contribution in [0.3, 0.4) is 0 Å². The molecule has 6 heteroatoms. The van der Waals surface area contributed by atoms with Crippen molar-refractivity contribution in [2.24, 2.45) is 0 Å². The smallest absolute Gasteiger partial charge is 0.265 e. The van der Waals surface area contributed by atoms with E-state index in [1.54, 1.807) is 11.2 Å². The number of carbonyl (C=O) groups excluding carboxylic acids is 2. The summed E-state index contributed by atoms with van der Waals surface area (Å²) in [4.78, 5) is 30.1. The molecule has 1 atom stereocenters. The van der Waals surface area contributed by atoms with Gasteiger partial charge < -0.3 is 19.0 Å². The van der Waals surface area contributed by atoms with Crippen molar-refractivity contribution < 1.29 is 18.7 Å². The van der Waals surface area contributed by atoms with Crippen LogP contribution in [0.5, 0.6) is 5.75 Å². The second-order valence-electron chi connectivity index (χ2n) is 8.40. The van der Waals surface area contributed by atoms with Crippen molar-refractivity contribution in [3.63, 3.8) is 0 Å². The van der Waals surface area contributed by atoms with Gasteiger partial charge in [-0.05, 0) is 49.9 Å². The molecule has 2 aliphatic rings. The maximum Gasteiger partial charge on any atom is 0.265 e. The van der Waals surface area contributed by atoms with E-state index in [0.717, 1.165) is 54.4 Å². The quantitative estimate of drug-likeness (QED) is 0.643. The average molecular weight is 418 g/mol. The molecule has 1 saturated heterocycles. The van der Waals surface area contributed by atoms with Gasteiger partial charge in [0.1, 0.15) is 11.3 Å². The molecule has 3 heterocycles. The number of hydrogen-bond acceptors (Lipinski definition) is 4. The minimum atomic E-state index is -0.680. The van der Waals surface area contributed by atoms with E-state index in [0.29, 0.717) is 11.4 Å². The van der Waals surface area contributed by atoms with Crippen LogP contribution in [0.25, 0.3) is 11.0 Å². The Morgan fingerprint density at radius 1 is 1.06 bits per heavy atom. The van der Waals surface area contributed by atoms with Gasteiger partial charge in [0.15, 0.2) is 6.10 Å². The minimum Gasteiger partial charge on any atom is -0.476 e. The number of aryl methyl sites for hydroxylation is 1. The van der Waals surface area contributed by atoms with Crippen LogP contribution >= 0.6 is 0 Å². The molecule has 0 unspecified atom stereocenters. The monoisotopic (exact) mass is 418 g/mol. The summed E-state index contributed by atoms with van der Waals surface area (Å²) < 4.78 is 11.7. The van der Waals surface area contributed by atoms with Crippen molar-refractivity contribution in [1.82, 2.24) is 4.90 Å². The van der Waals surface area contributed by atoms with Crippen LogP contribution in [0.4, 0.5) is 5.69 Å². The van der Waals surface area contributed by atoms with E-state index in [2.05, 4.69) is 0 Å². The number of anilines is 1. The van der Waals surface area contributed by atoms with Gasteiger partial charge in [-0.3, -0.25) is 9.59 Å². The summed E-state index contributed by atoms with van der Waals surface area (Å²) >= 11 is 0. The summed E-state index contributed by atoms with van der Waals surface area (Å²) in [5.74, 6) is 0.469. The van der Waals surface area contributed by atoms with E-state index in [4.69, 9.17) is 9.15 Å². The molecule has 0 spiro atoms. The number of hydrogen-bond donors (Lipinski definition) is 0. The molecule has 160 valence electrons. The van der Waals surface area contributed by atoms with Crippen LogP contribution in [0.2, 0.25) is 0 Å². The van der Waals surface area contributed by atoms with Crippen LogP contribution < -0.4 is 9.64 Å². The molecular weight excluding hydrogens is 392 g/mol. The van der Waals surface area contributed by atoms with E-state index in [-0.39, 0.29) is 24.8 Å². The van der Waals surface area contributed by atoms with Crippen molar-refractivity contribution in [2.75, 3.05) is 24.5 Å². The van der Waals surface area contributed by atoms with Crippen molar-refractivity contribution in [3.05, 3.63) is 59.9 Å². The fourth-order valence-electron chi connectivity index (χ4n) is 4.50. The highest BCUT2D eigenvalue weighted by atomic mass is 16.5. The number of likely N-dealkylation sites (tertiary alicyclic amines) is 1. The number of rotatable bonds is 3. The molecule has 31 heavy (non-hydrogen) atoms. The molecule has 0 saturated carbocycles. The third-order valence-electron chi connectivity index (χ3n) is 6.17. The number of amides is 2. The molecule has 3 aromatic rings. The molecular formula is C25H26N2O4. The lowest BCUT2D eigenvalue weighted by molar-refractivity contribution is -0.139. The Kier molecular flexibility index (Phi) is 5.14. The number of ether oxygens (including phenoxy) is 1. The van der Waals surface area contributed by atoms with E-state index >= 15 is 0 Å². The van der Waals surface area contributed by atoms with Gasteiger partial charge in [0, 0.05) is 24.0 Å². The summed E-state index contributed by atoms with van der Waals surface area (Å²) in [5, 5.41) is 0.946. The standard InChI is InChI=1S/C25H26N2O4/c1-17-9-10-19-18(16-30-22(19)13-17)14-24(28)27-15-23(25(29)26-11-5-2-6-12-26)31-21-8-4-3-7-20(21)27/h3-4,7-10,13,16,23H,2,5-6,11-12,14-15H2,1H3/t23-/m0/s1.